The lowest BCUT2D eigenvalue weighted by molar-refractivity contribution is 0.351. The first-order chi connectivity index (χ1) is 9.71. The Bertz CT molecular complexity index is 523. The van der Waals surface area contributed by atoms with Crippen LogP contribution in [0.4, 0.5) is 0 Å². The van der Waals surface area contributed by atoms with Crippen molar-refractivity contribution in [2.24, 2.45) is 11.7 Å². The SMILES string of the molecule is CCC(CCN)CCc1nc(Cc2csc(C)n2)no1. The molecule has 0 radical (unpaired) electrons. The standard InChI is InChI=1S/C14H22N4OS/c1-3-11(6-7-15)4-5-14-17-13(18-19-14)8-12-9-20-10(2)16-12/h9,11H,3-8,15H2,1-2H3. The highest BCUT2D eigenvalue weighted by molar-refractivity contribution is 7.09. The van der Waals surface area contributed by atoms with E-state index in [0.717, 1.165) is 54.6 Å². The molecule has 2 rings (SSSR count). The number of hydrogen-bond donors (Lipinski definition) is 1. The van der Waals surface area contributed by atoms with Crippen molar-refractivity contribution < 1.29 is 4.52 Å². The molecule has 0 aliphatic carbocycles. The van der Waals surface area contributed by atoms with Crippen molar-refractivity contribution in [1.82, 2.24) is 15.1 Å². The Morgan fingerprint density at radius 1 is 1.35 bits per heavy atom. The number of aryl methyl sites for hydroxylation is 2. The van der Waals surface area contributed by atoms with E-state index < -0.39 is 0 Å². The van der Waals surface area contributed by atoms with Crippen molar-refractivity contribution in [2.45, 2.75) is 46.0 Å². The van der Waals surface area contributed by atoms with Crippen LogP contribution in [-0.2, 0) is 12.8 Å². The van der Waals surface area contributed by atoms with Gasteiger partial charge >= 0.3 is 0 Å². The van der Waals surface area contributed by atoms with Gasteiger partial charge in [-0.3, -0.25) is 0 Å². The Kier molecular flexibility index (Phi) is 5.67. The third kappa shape index (κ3) is 4.38. The minimum Gasteiger partial charge on any atom is -0.339 e. The highest BCUT2D eigenvalue weighted by Crippen LogP contribution is 2.16. The number of aromatic nitrogens is 3. The van der Waals surface area contributed by atoms with Crippen molar-refractivity contribution >= 4 is 11.3 Å². The first-order valence-corrected chi connectivity index (χ1v) is 8.01. The summed E-state index contributed by atoms with van der Waals surface area (Å²) in [5.74, 6) is 2.09. The Labute approximate surface area is 123 Å². The molecule has 0 saturated heterocycles. The van der Waals surface area contributed by atoms with E-state index in [-0.39, 0.29) is 0 Å². The van der Waals surface area contributed by atoms with E-state index in [1.807, 2.05) is 12.3 Å². The summed E-state index contributed by atoms with van der Waals surface area (Å²) in [4.78, 5) is 8.85. The van der Waals surface area contributed by atoms with Crippen LogP contribution in [0.2, 0.25) is 0 Å². The zero-order valence-corrected chi connectivity index (χ0v) is 12.9. The third-order valence-corrected chi connectivity index (χ3v) is 4.26. The van der Waals surface area contributed by atoms with Gasteiger partial charge in [-0.2, -0.15) is 4.98 Å². The molecule has 0 amide bonds. The van der Waals surface area contributed by atoms with Gasteiger partial charge in [-0.1, -0.05) is 18.5 Å². The summed E-state index contributed by atoms with van der Waals surface area (Å²) in [6, 6.07) is 0. The summed E-state index contributed by atoms with van der Waals surface area (Å²) in [5, 5.41) is 7.13. The zero-order chi connectivity index (χ0) is 14.4. The third-order valence-electron chi connectivity index (χ3n) is 3.43. The number of nitrogens with two attached hydrogens (primary N) is 1. The molecule has 0 fully saturated rings. The van der Waals surface area contributed by atoms with Crippen LogP contribution in [0.3, 0.4) is 0 Å². The monoisotopic (exact) mass is 294 g/mol. The van der Waals surface area contributed by atoms with Gasteiger partial charge in [-0.15, -0.1) is 11.3 Å². The van der Waals surface area contributed by atoms with Gasteiger partial charge in [0.15, 0.2) is 5.82 Å². The van der Waals surface area contributed by atoms with Crippen molar-refractivity contribution in [3.8, 4) is 0 Å². The first-order valence-electron chi connectivity index (χ1n) is 7.13. The van der Waals surface area contributed by atoms with E-state index in [4.69, 9.17) is 10.3 Å². The molecule has 1 atom stereocenters. The second kappa shape index (κ2) is 7.50. The maximum Gasteiger partial charge on any atom is 0.226 e. The van der Waals surface area contributed by atoms with Crippen LogP contribution in [0, 0.1) is 12.8 Å². The average Bonchev–Trinajstić information content (AvgIpc) is 3.04. The zero-order valence-electron chi connectivity index (χ0n) is 12.1. The summed E-state index contributed by atoms with van der Waals surface area (Å²) < 4.78 is 5.30. The fraction of sp³-hybridized carbons (Fsp3) is 0.643. The average molecular weight is 294 g/mol. The summed E-state index contributed by atoms with van der Waals surface area (Å²) in [7, 11) is 0. The summed E-state index contributed by atoms with van der Waals surface area (Å²) >= 11 is 1.64. The van der Waals surface area contributed by atoms with E-state index in [1.54, 1.807) is 11.3 Å². The normalized spacial score (nSPS) is 12.8. The van der Waals surface area contributed by atoms with Crippen molar-refractivity contribution in [2.75, 3.05) is 6.54 Å². The Balaban J connectivity index is 1.85. The molecule has 2 aromatic rings. The molecule has 0 aromatic carbocycles. The lowest BCUT2D eigenvalue weighted by Crippen LogP contribution is -2.09. The molecule has 2 aromatic heterocycles. The molecule has 0 saturated carbocycles. The van der Waals surface area contributed by atoms with E-state index in [1.165, 1.54) is 0 Å². The van der Waals surface area contributed by atoms with Gasteiger partial charge in [0.25, 0.3) is 0 Å². The van der Waals surface area contributed by atoms with Gasteiger partial charge in [0, 0.05) is 11.8 Å². The molecule has 0 bridgehead atoms. The second-order valence-electron chi connectivity index (χ2n) is 5.03. The molecule has 5 nitrogen and oxygen atoms in total. The smallest absolute Gasteiger partial charge is 0.226 e. The topological polar surface area (TPSA) is 77.8 Å². The van der Waals surface area contributed by atoms with Crippen LogP contribution in [0.5, 0.6) is 0 Å². The van der Waals surface area contributed by atoms with Crippen LogP contribution in [-0.4, -0.2) is 21.7 Å². The molecule has 0 spiro atoms. The first kappa shape index (κ1) is 15.1. The summed E-state index contributed by atoms with van der Waals surface area (Å²) in [6.45, 7) is 4.94. The Hall–Kier alpha value is -1.27. The predicted molar refractivity (Wildman–Crippen MR) is 79.7 cm³/mol. The Morgan fingerprint density at radius 3 is 2.85 bits per heavy atom. The lowest BCUT2D eigenvalue weighted by atomic mass is 9.97. The molecule has 6 heteroatoms. The fourth-order valence-electron chi connectivity index (χ4n) is 2.23. The molecule has 110 valence electrons. The molecular weight excluding hydrogens is 272 g/mol. The minimum absolute atomic E-state index is 0.647. The number of nitrogens with zero attached hydrogens (tertiary/aromatic N) is 3. The molecular formula is C14H22N4OS. The lowest BCUT2D eigenvalue weighted by Gasteiger charge is -2.11. The van der Waals surface area contributed by atoms with Crippen molar-refractivity contribution in [1.29, 1.82) is 0 Å². The summed E-state index contributed by atoms with van der Waals surface area (Å²) in [6.07, 6.45) is 4.76. The van der Waals surface area contributed by atoms with Gasteiger partial charge in [-0.05, 0) is 32.2 Å². The van der Waals surface area contributed by atoms with Crippen LogP contribution in [0.25, 0.3) is 0 Å². The number of hydrogen-bond acceptors (Lipinski definition) is 6. The van der Waals surface area contributed by atoms with E-state index >= 15 is 0 Å². The van der Waals surface area contributed by atoms with Crippen LogP contribution in [0.1, 0.15) is 48.6 Å². The van der Waals surface area contributed by atoms with Crippen molar-refractivity contribution in [3.05, 3.63) is 27.8 Å². The van der Waals surface area contributed by atoms with E-state index in [0.29, 0.717) is 12.3 Å². The van der Waals surface area contributed by atoms with Crippen LogP contribution >= 0.6 is 11.3 Å². The molecule has 0 aliphatic rings. The van der Waals surface area contributed by atoms with Gasteiger partial charge in [0.2, 0.25) is 5.89 Å². The molecule has 1 unspecified atom stereocenters. The summed E-state index contributed by atoms with van der Waals surface area (Å²) in [5.41, 5.74) is 6.62. The van der Waals surface area contributed by atoms with Gasteiger partial charge in [0.05, 0.1) is 17.1 Å². The quantitative estimate of drug-likeness (QED) is 0.810. The van der Waals surface area contributed by atoms with E-state index in [2.05, 4.69) is 22.0 Å². The maximum atomic E-state index is 5.61. The number of rotatable bonds is 8. The number of thiazole rings is 1. The highest BCUT2D eigenvalue weighted by atomic mass is 32.1. The molecule has 0 aliphatic heterocycles. The predicted octanol–water partition coefficient (Wildman–Crippen LogP) is 2.73. The second-order valence-corrected chi connectivity index (χ2v) is 6.09. The molecule has 20 heavy (non-hydrogen) atoms. The minimum atomic E-state index is 0.647. The van der Waals surface area contributed by atoms with Gasteiger partial charge in [-0.25, -0.2) is 4.98 Å². The molecule has 2 N–H and O–H groups in total. The van der Waals surface area contributed by atoms with Gasteiger partial charge < -0.3 is 10.3 Å². The van der Waals surface area contributed by atoms with Crippen LogP contribution in [0.15, 0.2) is 9.90 Å². The van der Waals surface area contributed by atoms with Crippen LogP contribution < -0.4 is 5.73 Å². The molecule has 2 heterocycles. The largest absolute Gasteiger partial charge is 0.339 e. The van der Waals surface area contributed by atoms with Gasteiger partial charge in [0.1, 0.15) is 0 Å². The van der Waals surface area contributed by atoms with E-state index in [9.17, 15) is 0 Å². The fourth-order valence-corrected chi connectivity index (χ4v) is 2.84. The Morgan fingerprint density at radius 2 is 2.20 bits per heavy atom. The van der Waals surface area contributed by atoms with Crippen molar-refractivity contribution in [3.63, 3.8) is 0 Å². The maximum absolute atomic E-state index is 5.61. The highest BCUT2D eigenvalue weighted by Gasteiger charge is 2.11.